The van der Waals surface area contributed by atoms with Crippen molar-refractivity contribution < 1.29 is 0 Å². The first-order valence-corrected chi connectivity index (χ1v) is 3.54. The minimum Gasteiger partial charge on any atom is -0.0842 e. The summed E-state index contributed by atoms with van der Waals surface area (Å²) < 4.78 is 0. The summed E-state index contributed by atoms with van der Waals surface area (Å²) in [7, 11) is 0. The Hall–Kier alpha value is -0.980. The van der Waals surface area contributed by atoms with Gasteiger partial charge in [0.05, 0.1) is 0 Å². The molecule has 0 spiro atoms. The molecule has 3 nitrogen and oxygen atoms in total. The largest absolute Gasteiger partial charge is 0.308 e. The average molecular weight is 189 g/mol. The molecule has 1 N–H and O–H groups in total. The van der Waals surface area contributed by atoms with Crippen molar-refractivity contribution in [2.75, 3.05) is 5.43 Å². The van der Waals surface area contributed by atoms with Gasteiger partial charge in [0.15, 0.2) is 0 Å². The van der Waals surface area contributed by atoms with E-state index in [1.807, 2.05) is 0 Å². The molecule has 0 aromatic heterocycles. The minimum absolute atomic E-state index is 0.489. The van der Waals surface area contributed by atoms with Crippen LogP contribution in [0.1, 0.15) is 0 Å². The molecular formula is C6H4Cl2N3+. The van der Waals surface area contributed by atoms with Crippen LogP contribution in [0.4, 0.5) is 5.69 Å². The third-order valence-corrected chi connectivity index (χ3v) is 1.48. The first-order valence-electron chi connectivity index (χ1n) is 2.78. The number of hydrogen-bond donors (Lipinski definition) is 1. The Morgan fingerprint density at radius 1 is 1.18 bits per heavy atom. The molecule has 0 bridgehead atoms. The van der Waals surface area contributed by atoms with Gasteiger partial charge in [-0.15, -0.1) is 0 Å². The molecular weight excluding hydrogens is 185 g/mol. The molecule has 56 valence electrons. The summed E-state index contributed by atoms with van der Waals surface area (Å²) in [5, 5.41) is 11.8. The van der Waals surface area contributed by atoms with E-state index in [-0.39, 0.29) is 0 Å². The number of hydrogen-bond acceptors (Lipinski definition) is 2. The van der Waals surface area contributed by atoms with Crippen LogP contribution in [-0.4, -0.2) is 0 Å². The highest BCUT2D eigenvalue weighted by Crippen LogP contribution is 2.22. The van der Waals surface area contributed by atoms with Crippen LogP contribution in [-0.2, 0) is 0 Å². The van der Waals surface area contributed by atoms with Crippen LogP contribution < -0.4 is 5.43 Å². The van der Waals surface area contributed by atoms with Crippen molar-refractivity contribution in [1.82, 2.24) is 0 Å². The zero-order valence-electron chi connectivity index (χ0n) is 5.38. The molecule has 1 rings (SSSR count). The molecule has 0 saturated carbocycles. The maximum absolute atomic E-state index is 8.13. The van der Waals surface area contributed by atoms with E-state index in [2.05, 4.69) is 10.5 Å². The second-order valence-corrected chi connectivity index (χ2v) is 2.74. The zero-order chi connectivity index (χ0) is 8.27. The Labute approximate surface area is 73.5 Å². The summed E-state index contributed by atoms with van der Waals surface area (Å²) in [4.78, 5) is 0. The van der Waals surface area contributed by atoms with Crippen molar-refractivity contribution in [3.8, 4) is 0 Å². The second-order valence-electron chi connectivity index (χ2n) is 1.87. The number of halogens is 2. The van der Waals surface area contributed by atoms with E-state index in [0.717, 1.165) is 0 Å². The second kappa shape index (κ2) is 3.42. The van der Waals surface area contributed by atoms with Gasteiger partial charge in [0.1, 0.15) is 5.69 Å². The maximum atomic E-state index is 8.13. The van der Waals surface area contributed by atoms with Gasteiger partial charge in [-0.25, -0.2) is 0 Å². The maximum Gasteiger partial charge on any atom is 0.308 e. The van der Waals surface area contributed by atoms with Crippen molar-refractivity contribution >= 4 is 28.9 Å². The summed E-state index contributed by atoms with van der Waals surface area (Å²) in [5.74, 6) is 0. The lowest BCUT2D eigenvalue weighted by molar-refractivity contribution is 1.39. The Morgan fingerprint density at radius 2 is 1.73 bits per heavy atom. The van der Waals surface area contributed by atoms with E-state index in [1.165, 1.54) is 0 Å². The molecule has 0 atom stereocenters. The van der Waals surface area contributed by atoms with Gasteiger partial charge >= 0.3 is 5.08 Å². The molecule has 1 aromatic rings. The normalized spacial score (nSPS) is 8.82. The number of nitrogens with one attached hydrogen (secondary N) is 1. The van der Waals surface area contributed by atoms with Gasteiger partial charge in [-0.3, -0.25) is 0 Å². The van der Waals surface area contributed by atoms with Crippen LogP contribution in [0.2, 0.25) is 10.0 Å². The number of diazo groups is 1. The fraction of sp³-hybridized carbons (Fsp3) is 0. The van der Waals surface area contributed by atoms with Crippen LogP contribution in [0.15, 0.2) is 18.2 Å². The third-order valence-electron chi connectivity index (χ3n) is 1.04. The van der Waals surface area contributed by atoms with Crippen molar-refractivity contribution in [1.29, 1.82) is 5.39 Å². The van der Waals surface area contributed by atoms with Crippen LogP contribution in [0.3, 0.4) is 0 Å². The van der Waals surface area contributed by atoms with Gasteiger partial charge in [0, 0.05) is 10.0 Å². The average Bonchev–Trinajstić information content (AvgIpc) is 1.85. The Morgan fingerprint density at radius 3 is 2.18 bits per heavy atom. The standard InChI is InChI=1S/C6H4Cl2N3/c7-4-1-5(8)3-6(2-4)10-11-9/h1-3,10H/q+1. The molecule has 0 unspecified atom stereocenters. The molecule has 0 fully saturated rings. The van der Waals surface area contributed by atoms with Crippen LogP contribution in [0.25, 0.3) is 5.08 Å². The Kier molecular flexibility index (Phi) is 2.53. The number of rotatable bonds is 1. The fourth-order valence-electron chi connectivity index (χ4n) is 0.676. The number of benzene rings is 1. The van der Waals surface area contributed by atoms with Gasteiger partial charge in [0.2, 0.25) is 0 Å². The molecule has 5 heteroatoms. The molecule has 0 radical (unpaired) electrons. The van der Waals surface area contributed by atoms with E-state index in [9.17, 15) is 0 Å². The smallest absolute Gasteiger partial charge is 0.0842 e. The first-order chi connectivity index (χ1) is 5.22. The third kappa shape index (κ3) is 2.26. The quantitative estimate of drug-likeness (QED) is 0.544. The molecule has 0 saturated heterocycles. The van der Waals surface area contributed by atoms with E-state index in [0.29, 0.717) is 15.7 Å². The topological polar surface area (TPSA) is 40.2 Å². The lowest BCUT2D eigenvalue weighted by Crippen LogP contribution is -1.82. The van der Waals surface area contributed by atoms with E-state index in [1.54, 1.807) is 18.2 Å². The van der Waals surface area contributed by atoms with Crippen LogP contribution in [0.5, 0.6) is 0 Å². The van der Waals surface area contributed by atoms with Gasteiger partial charge in [-0.05, 0) is 23.6 Å². The Bertz CT molecular complexity index is 285. The molecule has 0 heterocycles. The summed E-state index contributed by atoms with van der Waals surface area (Å²) in [6.45, 7) is 0. The molecule has 1 aromatic carbocycles. The molecule has 0 amide bonds. The number of nitrogens with zero attached hydrogens (tertiary/aromatic N) is 2. The molecule has 0 aliphatic rings. The molecule has 0 aliphatic heterocycles. The van der Waals surface area contributed by atoms with Gasteiger partial charge in [0.25, 0.3) is 5.39 Å². The highest BCUT2D eigenvalue weighted by atomic mass is 35.5. The van der Waals surface area contributed by atoms with E-state index >= 15 is 0 Å². The lowest BCUT2D eigenvalue weighted by Gasteiger charge is -1.92. The highest BCUT2D eigenvalue weighted by Gasteiger charge is 2.00. The van der Waals surface area contributed by atoms with E-state index < -0.39 is 0 Å². The molecule has 0 aliphatic carbocycles. The zero-order valence-corrected chi connectivity index (χ0v) is 6.89. The van der Waals surface area contributed by atoms with Crippen molar-refractivity contribution in [2.45, 2.75) is 0 Å². The van der Waals surface area contributed by atoms with Crippen LogP contribution in [0, 0.1) is 5.39 Å². The SMILES string of the molecule is N#[N+]Nc1cc(Cl)cc(Cl)c1. The highest BCUT2D eigenvalue weighted by molar-refractivity contribution is 6.35. The minimum atomic E-state index is 0.489. The van der Waals surface area contributed by atoms with Crippen molar-refractivity contribution in [3.05, 3.63) is 33.3 Å². The summed E-state index contributed by atoms with van der Waals surface area (Å²) >= 11 is 11.3. The number of anilines is 1. The predicted octanol–water partition coefficient (Wildman–Crippen LogP) is 3.17. The predicted molar refractivity (Wildman–Crippen MR) is 45.2 cm³/mol. The first kappa shape index (κ1) is 8.12. The molecule has 11 heavy (non-hydrogen) atoms. The summed E-state index contributed by atoms with van der Waals surface area (Å²) in [6.07, 6.45) is 0. The van der Waals surface area contributed by atoms with Gasteiger partial charge in [-0.1, -0.05) is 23.2 Å². The summed E-state index contributed by atoms with van der Waals surface area (Å²) in [5.41, 5.74) is 2.85. The fourth-order valence-corrected chi connectivity index (χ4v) is 1.20. The van der Waals surface area contributed by atoms with Gasteiger partial charge in [-0.2, -0.15) is 0 Å². The lowest BCUT2D eigenvalue weighted by atomic mass is 10.3. The van der Waals surface area contributed by atoms with Gasteiger partial charge < -0.3 is 0 Å². The van der Waals surface area contributed by atoms with E-state index in [4.69, 9.17) is 28.6 Å². The van der Waals surface area contributed by atoms with Crippen molar-refractivity contribution in [2.24, 2.45) is 0 Å². The monoisotopic (exact) mass is 188 g/mol. The van der Waals surface area contributed by atoms with Crippen LogP contribution >= 0.6 is 23.2 Å². The summed E-state index contributed by atoms with van der Waals surface area (Å²) in [6, 6.07) is 4.77. The Balaban J connectivity index is 3.01. The van der Waals surface area contributed by atoms with Crippen molar-refractivity contribution in [3.63, 3.8) is 0 Å².